The zero-order chi connectivity index (χ0) is 21.9. The first kappa shape index (κ1) is 21.2. The zero-order valence-electron chi connectivity index (χ0n) is 16.1. The maximum Gasteiger partial charge on any atom is 0.329 e. The number of alkyl halides is 2. The minimum atomic E-state index is -2.95. The van der Waals surface area contributed by atoms with Gasteiger partial charge in [0.05, 0.1) is 5.52 Å². The monoisotopic (exact) mass is 415 g/mol. The van der Waals surface area contributed by atoms with E-state index in [1.165, 1.54) is 17.0 Å². The number of imide groups is 1. The van der Waals surface area contributed by atoms with Crippen LogP contribution in [-0.2, 0) is 11.8 Å². The van der Waals surface area contributed by atoms with Gasteiger partial charge in [-0.25, -0.2) is 14.4 Å². The summed E-state index contributed by atoms with van der Waals surface area (Å²) in [5, 5.41) is 15.4. The quantitative estimate of drug-likeness (QED) is 0.573. The summed E-state index contributed by atoms with van der Waals surface area (Å²) in [7, 11) is 1.72. The highest BCUT2D eigenvalue weighted by Crippen LogP contribution is 2.27. The molecule has 2 aromatic rings. The number of urea groups is 1. The minimum Gasteiger partial charge on any atom is -0.278 e. The Balaban J connectivity index is 0.000000199. The van der Waals surface area contributed by atoms with Gasteiger partial charge >= 0.3 is 12.0 Å². The van der Waals surface area contributed by atoms with E-state index in [0.29, 0.717) is 23.9 Å². The summed E-state index contributed by atoms with van der Waals surface area (Å²) in [6.07, 6.45) is 0.683. The van der Waals surface area contributed by atoms with Crippen molar-refractivity contribution in [2.75, 3.05) is 11.4 Å². The van der Waals surface area contributed by atoms with E-state index < -0.39 is 30.8 Å². The molecule has 1 saturated heterocycles. The Morgan fingerprint density at radius 2 is 2.13 bits per heavy atom. The van der Waals surface area contributed by atoms with Crippen molar-refractivity contribution < 1.29 is 22.8 Å². The smallest absolute Gasteiger partial charge is 0.278 e. The second-order valence-corrected chi connectivity index (χ2v) is 6.94. The Hall–Kier alpha value is -3.47. The van der Waals surface area contributed by atoms with E-state index in [1.807, 2.05) is 11.9 Å². The van der Waals surface area contributed by atoms with Crippen molar-refractivity contribution in [2.24, 2.45) is 7.05 Å². The molecule has 0 saturated carbocycles. The number of aromatic nitrogens is 2. The van der Waals surface area contributed by atoms with Crippen LogP contribution in [0.3, 0.4) is 0 Å². The van der Waals surface area contributed by atoms with Crippen molar-refractivity contribution in [3.8, 4) is 17.8 Å². The van der Waals surface area contributed by atoms with Crippen LogP contribution in [0.15, 0.2) is 18.2 Å². The molecular formula is C19H17BF3N5O2. The first-order valence-electron chi connectivity index (χ1n) is 9.21. The Labute approximate surface area is 170 Å². The maximum absolute atomic E-state index is 13.3. The number of nitrogens with zero attached hydrogens (tertiary/aromatic N) is 4. The van der Waals surface area contributed by atoms with Crippen LogP contribution in [0.25, 0.3) is 10.9 Å². The van der Waals surface area contributed by atoms with Crippen LogP contribution in [0.4, 0.5) is 23.8 Å². The minimum absolute atomic E-state index is 0.207. The number of aryl methyl sites for hydroxylation is 1. The van der Waals surface area contributed by atoms with Gasteiger partial charge in [-0.2, -0.15) is 13.9 Å². The number of halogens is 3. The number of hydrogen-bond acceptors (Lipinski definition) is 4. The second-order valence-electron chi connectivity index (χ2n) is 6.94. The Bertz CT molecular complexity index is 1100. The van der Waals surface area contributed by atoms with E-state index >= 15 is 0 Å². The fourth-order valence-corrected chi connectivity index (χ4v) is 3.20. The molecule has 2 aliphatic heterocycles. The molecule has 1 fully saturated rings. The number of rotatable bonds is 1. The average Bonchev–Trinajstić information content (AvgIpc) is 2.88. The number of nitrogens with one attached hydrogen (secondary N) is 1. The highest BCUT2D eigenvalue weighted by Gasteiger charge is 2.34. The molecular weight excluding hydrogens is 398 g/mol. The summed E-state index contributed by atoms with van der Waals surface area (Å²) in [6, 6.07) is 3.75. The lowest BCUT2D eigenvalue weighted by atomic mass is 9.45. The van der Waals surface area contributed by atoms with Crippen molar-refractivity contribution in [3.63, 3.8) is 0 Å². The normalized spacial score (nSPS) is 17.8. The molecule has 1 aromatic carbocycles. The van der Waals surface area contributed by atoms with E-state index in [1.54, 1.807) is 17.8 Å². The van der Waals surface area contributed by atoms with Gasteiger partial charge in [-0.05, 0) is 30.4 Å². The van der Waals surface area contributed by atoms with Crippen LogP contribution in [0, 0.1) is 28.9 Å². The van der Waals surface area contributed by atoms with E-state index in [-0.39, 0.29) is 18.9 Å². The van der Waals surface area contributed by atoms with E-state index in [0.717, 1.165) is 5.52 Å². The number of fused-ring (bicyclic) bond motifs is 1. The maximum atomic E-state index is 13.3. The van der Waals surface area contributed by atoms with Gasteiger partial charge in [0, 0.05) is 44.1 Å². The van der Waals surface area contributed by atoms with Crippen molar-refractivity contribution >= 4 is 35.4 Å². The Kier molecular flexibility index (Phi) is 6.02. The third-order valence-electron chi connectivity index (χ3n) is 4.68. The summed E-state index contributed by atoms with van der Waals surface area (Å²) >= 11 is 0. The van der Waals surface area contributed by atoms with Crippen LogP contribution in [0.2, 0.25) is 12.6 Å². The molecule has 0 unspecified atom stereocenters. The number of hydrogen-bond donors (Lipinski definition) is 1. The van der Waals surface area contributed by atoms with Crippen LogP contribution in [0.5, 0.6) is 0 Å². The highest BCUT2D eigenvalue weighted by atomic mass is 19.3. The average molecular weight is 415 g/mol. The van der Waals surface area contributed by atoms with Gasteiger partial charge in [0.2, 0.25) is 5.91 Å². The summed E-state index contributed by atoms with van der Waals surface area (Å²) in [4.78, 5) is 24.3. The van der Waals surface area contributed by atoms with Crippen LogP contribution >= 0.6 is 0 Å². The van der Waals surface area contributed by atoms with E-state index in [4.69, 9.17) is 5.26 Å². The van der Waals surface area contributed by atoms with Gasteiger partial charge in [0.25, 0.3) is 6.71 Å². The standard InChI is InChI=1S/C12H11FN4O2.C7H6BF2N/c1-16-9-3-2-7(13)6-8(9)11(15-16)17-5-4-10(18)14-12(17)19;9-7(10)3-1-2-4-8(5-7)6-11/h2-3,6H,4-5H2,1H3,(H,14,18,19);2,4-5H2. The topological polar surface area (TPSA) is 91.0 Å². The number of anilines is 1. The molecule has 0 spiro atoms. The van der Waals surface area contributed by atoms with E-state index in [9.17, 15) is 22.8 Å². The van der Waals surface area contributed by atoms with Crippen LogP contribution < -0.4 is 10.2 Å². The van der Waals surface area contributed by atoms with Gasteiger partial charge in [-0.1, -0.05) is 5.92 Å². The highest BCUT2D eigenvalue weighted by molar-refractivity contribution is 6.67. The third kappa shape index (κ3) is 4.74. The largest absolute Gasteiger partial charge is 0.329 e. The summed E-state index contributed by atoms with van der Waals surface area (Å²) in [5.41, 5.74) is 0.723. The third-order valence-corrected chi connectivity index (χ3v) is 4.68. The molecule has 0 aliphatic carbocycles. The lowest BCUT2D eigenvalue weighted by Gasteiger charge is -2.24. The van der Waals surface area contributed by atoms with Crippen molar-refractivity contribution in [1.82, 2.24) is 15.1 Å². The molecule has 2 aliphatic rings. The molecule has 30 heavy (non-hydrogen) atoms. The number of carbonyl (C=O) groups is 2. The number of amides is 3. The molecule has 1 N–H and O–H groups in total. The molecule has 11 heteroatoms. The predicted molar refractivity (Wildman–Crippen MR) is 104 cm³/mol. The molecule has 3 heterocycles. The Morgan fingerprint density at radius 1 is 1.37 bits per heavy atom. The number of nitriles is 1. The molecule has 1 aromatic heterocycles. The van der Waals surface area contributed by atoms with Gasteiger partial charge in [0.1, 0.15) is 5.82 Å². The molecule has 0 radical (unpaired) electrons. The predicted octanol–water partition coefficient (Wildman–Crippen LogP) is 2.75. The van der Waals surface area contributed by atoms with Crippen LogP contribution in [0.1, 0.15) is 12.8 Å². The van der Waals surface area contributed by atoms with Gasteiger partial charge < -0.3 is 0 Å². The SMILES string of the molecule is Cn1nc(N2CCC(=O)NC2=O)c2cc(F)ccc21.N#CB1CCC#CC(F)(F)C1. The number of benzene rings is 1. The number of carbonyl (C=O) groups excluding carboxylic acids is 2. The van der Waals surface area contributed by atoms with E-state index in [2.05, 4.69) is 16.3 Å². The first-order chi connectivity index (χ1) is 14.2. The molecule has 154 valence electrons. The lowest BCUT2D eigenvalue weighted by Crippen LogP contribution is -2.49. The van der Waals surface area contributed by atoms with Gasteiger partial charge in [-0.3, -0.25) is 19.7 Å². The van der Waals surface area contributed by atoms with Gasteiger partial charge in [-0.15, -0.1) is 0 Å². The van der Waals surface area contributed by atoms with Crippen molar-refractivity contribution in [2.45, 2.75) is 31.4 Å². The molecule has 7 nitrogen and oxygen atoms in total. The van der Waals surface area contributed by atoms with Crippen molar-refractivity contribution in [3.05, 3.63) is 24.0 Å². The van der Waals surface area contributed by atoms with Crippen LogP contribution in [-0.4, -0.2) is 40.9 Å². The zero-order valence-corrected chi connectivity index (χ0v) is 16.1. The lowest BCUT2D eigenvalue weighted by molar-refractivity contribution is -0.120. The second kappa shape index (κ2) is 8.50. The molecule has 3 amide bonds. The summed E-state index contributed by atoms with van der Waals surface area (Å²) in [6.45, 7) is -0.305. The first-order valence-corrected chi connectivity index (χ1v) is 9.21. The fourth-order valence-electron chi connectivity index (χ4n) is 3.20. The molecule has 0 atom stereocenters. The molecule has 4 rings (SSSR count). The van der Waals surface area contributed by atoms with Crippen molar-refractivity contribution in [1.29, 1.82) is 5.26 Å². The summed E-state index contributed by atoms with van der Waals surface area (Å²) in [5.74, 6) is 2.75. The van der Waals surface area contributed by atoms with Gasteiger partial charge in [0.15, 0.2) is 5.82 Å². The summed E-state index contributed by atoms with van der Waals surface area (Å²) < 4.78 is 40.1. The fraction of sp³-hybridized carbons (Fsp3) is 0.368. The Morgan fingerprint density at radius 3 is 2.83 bits per heavy atom. The molecule has 0 bridgehead atoms.